The van der Waals surface area contributed by atoms with Crippen molar-refractivity contribution in [3.05, 3.63) is 0 Å². The zero-order chi connectivity index (χ0) is 9.40. The first kappa shape index (κ1) is 10.9. The summed E-state index contributed by atoms with van der Waals surface area (Å²) in [4.78, 5) is 25.1. The molecule has 0 unspecified atom stereocenters. The number of hydrazine groups is 1. The largest absolute Gasteiger partial charge is 0.457 e. The van der Waals surface area contributed by atoms with E-state index in [4.69, 9.17) is 0 Å². The van der Waals surface area contributed by atoms with Crippen LogP contribution in [-0.2, 0) is 19.2 Å². The Morgan fingerprint density at radius 2 is 2.08 bits per heavy atom. The number of hydrogen-bond donors (Lipinski definition) is 2. The number of nitrogens with one attached hydrogen (secondary N) is 1. The molecule has 0 saturated heterocycles. The average molecular weight is 176 g/mol. The van der Waals surface area contributed by atoms with Crippen molar-refractivity contribution in [2.45, 2.75) is 19.8 Å². The molecular formula is C6H12N2O4. The summed E-state index contributed by atoms with van der Waals surface area (Å²) in [7, 11) is 0. The highest BCUT2D eigenvalue weighted by Gasteiger charge is 2.16. The number of ether oxygens (including phenoxy) is 1. The van der Waals surface area contributed by atoms with Gasteiger partial charge in [-0.25, -0.2) is 15.4 Å². The zero-order valence-corrected chi connectivity index (χ0v) is 6.83. The summed E-state index contributed by atoms with van der Waals surface area (Å²) in [5.41, 5.74) is 1.59. The summed E-state index contributed by atoms with van der Waals surface area (Å²) in [6.07, 6.45) is 1.60. The fourth-order valence-corrected chi connectivity index (χ4v) is 0.463. The number of nitrogens with two attached hydrogens (primary N) is 1. The Morgan fingerprint density at radius 3 is 2.58 bits per heavy atom. The summed E-state index contributed by atoms with van der Waals surface area (Å²) >= 11 is 0. The monoisotopic (exact) mass is 176 g/mol. The Hall–Kier alpha value is -1.14. The summed E-state index contributed by atoms with van der Waals surface area (Å²) in [5, 5.41) is 0. The van der Waals surface area contributed by atoms with Gasteiger partial charge >= 0.3 is 11.9 Å². The van der Waals surface area contributed by atoms with Crippen molar-refractivity contribution in [2.75, 3.05) is 6.61 Å². The first-order chi connectivity index (χ1) is 5.72. The molecule has 0 fully saturated rings. The maximum atomic E-state index is 10.6. The lowest BCUT2D eigenvalue weighted by atomic mass is 10.4. The van der Waals surface area contributed by atoms with E-state index in [1.165, 1.54) is 0 Å². The van der Waals surface area contributed by atoms with Crippen molar-refractivity contribution in [1.82, 2.24) is 5.59 Å². The van der Waals surface area contributed by atoms with Crippen molar-refractivity contribution in [3.8, 4) is 0 Å². The van der Waals surface area contributed by atoms with E-state index in [1.807, 2.05) is 6.92 Å². The van der Waals surface area contributed by atoms with Crippen LogP contribution in [0.4, 0.5) is 0 Å². The predicted molar refractivity (Wildman–Crippen MR) is 39.3 cm³/mol. The van der Waals surface area contributed by atoms with Crippen LogP contribution >= 0.6 is 0 Å². The first-order valence-electron chi connectivity index (χ1n) is 3.56. The van der Waals surface area contributed by atoms with Gasteiger partial charge in [-0.05, 0) is 6.42 Å². The van der Waals surface area contributed by atoms with E-state index < -0.39 is 11.9 Å². The number of rotatable bonds is 4. The Balaban J connectivity index is 3.50. The van der Waals surface area contributed by atoms with Crippen LogP contribution in [0, 0.1) is 0 Å². The molecule has 0 rings (SSSR count). The number of esters is 1. The standard InChI is InChI=1S/C6H12N2O4/c1-2-3-4-11-5(9)6(10)12-8-7/h8H,2-4,7H2,1H3. The van der Waals surface area contributed by atoms with Crippen molar-refractivity contribution in [2.24, 2.45) is 5.84 Å². The predicted octanol–water partition coefficient (Wildman–Crippen LogP) is -0.749. The third-order valence-corrected chi connectivity index (χ3v) is 1.05. The minimum Gasteiger partial charge on any atom is -0.457 e. The van der Waals surface area contributed by atoms with Gasteiger partial charge < -0.3 is 9.57 Å². The third kappa shape index (κ3) is 4.64. The van der Waals surface area contributed by atoms with E-state index in [1.54, 1.807) is 5.59 Å². The second kappa shape index (κ2) is 6.56. The Labute approximate surface area is 69.9 Å². The number of carbonyl (C=O) groups excluding carboxylic acids is 2. The van der Waals surface area contributed by atoms with Gasteiger partial charge in [-0.2, -0.15) is 0 Å². The Bertz CT molecular complexity index is 160. The first-order valence-corrected chi connectivity index (χ1v) is 3.56. The van der Waals surface area contributed by atoms with Crippen LogP contribution in [0.3, 0.4) is 0 Å². The molecule has 0 aromatic heterocycles. The average Bonchev–Trinajstić information content (AvgIpc) is 2.05. The number of carbonyl (C=O) groups is 2. The molecule has 0 radical (unpaired) electrons. The Morgan fingerprint density at radius 1 is 1.42 bits per heavy atom. The lowest BCUT2D eigenvalue weighted by molar-refractivity contribution is -0.172. The molecule has 12 heavy (non-hydrogen) atoms. The van der Waals surface area contributed by atoms with Crippen LogP contribution in [0.5, 0.6) is 0 Å². The summed E-state index contributed by atoms with van der Waals surface area (Å²) < 4.78 is 4.49. The van der Waals surface area contributed by atoms with Gasteiger partial charge in [0.25, 0.3) is 0 Å². The smallest absolute Gasteiger partial charge is 0.437 e. The molecule has 0 saturated carbocycles. The molecule has 70 valence electrons. The third-order valence-electron chi connectivity index (χ3n) is 1.05. The summed E-state index contributed by atoms with van der Waals surface area (Å²) in [6, 6.07) is 0. The second-order valence-corrected chi connectivity index (χ2v) is 2.00. The SMILES string of the molecule is CCCCOC(=O)C(=O)ONN. The molecule has 0 bridgehead atoms. The highest BCUT2D eigenvalue weighted by Crippen LogP contribution is 1.89. The molecule has 0 spiro atoms. The van der Waals surface area contributed by atoms with Gasteiger partial charge in [-0.15, -0.1) is 0 Å². The molecule has 6 heteroatoms. The van der Waals surface area contributed by atoms with Crippen molar-refractivity contribution >= 4 is 11.9 Å². The highest BCUT2D eigenvalue weighted by molar-refractivity contribution is 6.29. The van der Waals surface area contributed by atoms with Crippen LogP contribution in [0.2, 0.25) is 0 Å². The summed E-state index contributed by atoms with van der Waals surface area (Å²) in [5.74, 6) is 2.44. The minimum absolute atomic E-state index is 0.217. The topological polar surface area (TPSA) is 90.7 Å². The normalized spacial score (nSPS) is 9.17. The van der Waals surface area contributed by atoms with Crippen molar-refractivity contribution in [1.29, 1.82) is 0 Å². The molecule has 0 heterocycles. The number of unbranched alkanes of at least 4 members (excludes halogenated alkanes) is 1. The van der Waals surface area contributed by atoms with Crippen molar-refractivity contribution in [3.63, 3.8) is 0 Å². The lowest BCUT2D eigenvalue weighted by Gasteiger charge is -2.01. The molecule has 0 aromatic rings. The van der Waals surface area contributed by atoms with Gasteiger partial charge in [0.05, 0.1) is 6.61 Å². The van der Waals surface area contributed by atoms with Gasteiger partial charge in [0.2, 0.25) is 0 Å². The molecule has 0 aromatic carbocycles. The molecule has 0 atom stereocenters. The minimum atomic E-state index is -1.14. The molecule has 0 aliphatic carbocycles. The van der Waals surface area contributed by atoms with Crippen LogP contribution in [-0.4, -0.2) is 18.5 Å². The summed E-state index contributed by atoms with van der Waals surface area (Å²) in [6.45, 7) is 2.16. The Kier molecular flexibility index (Phi) is 5.94. The van der Waals surface area contributed by atoms with Crippen LogP contribution in [0.25, 0.3) is 0 Å². The maximum Gasteiger partial charge on any atom is 0.437 e. The highest BCUT2D eigenvalue weighted by atomic mass is 16.7. The molecule has 0 amide bonds. The van der Waals surface area contributed by atoms with E-state index in [2.05, 4.69) is 15.4 Å². The van der Waals surface area contributed by atoms with Gasteiger partial charge in [-0.1, -0.05) is 18.9 Å². The second-order valence-electron chi connectivity index (χ2n) is 2.00. The van der Waals surface area contributed by atoms with Gasteiger partial charge in [0.15, 0.2) is 0 Å². The molecule has 0 aliphatic heterocycles. The van der Waals surface area contributed by atoms with Gasteiger partial charge in [0.1, 0.15) is 0 Å². The molecule has 3 N–H and O–H groups in total. The van der Waals surface area contributed by atoms with E-state index in [-0.39, 0.29) is 6.61 Å². The van der Waals surface area contributed by atoms with Crippen LogP contribution in [0.15, 0.2) is 0 Å². The number of hydrogen-bond acceptors (Lipinski definition) is 6. The van der Waals surface area contributed by atoms with Crippen molar-refractivity contribution < 1.29 is 19.2 Å². The fourth-order valence-electron chi connectivity index (χ4n) is 0.463. The zero-order valence-electron chi connectivity index (χ0n) is 6.83. The molecular weight excluding hydrogens is 164 g/mol. The fraction of sp³-hybridized carbons (Fsp3) is 0.667. The quantitative estimate of drug-likeness (QED) is 0.192. The molecule has 6 nitrogen and oxygen atoms in total. The van der Waals surface area contributed by atoms with E-state index in [9.17, 15) is 9.59 Å². The van der Waals surface area contributed by atoms with E-state index >= 15 is 0 Å². The lowest BCUT2D eigenvalue weighted by Crippen LogP contribution is -2.31. The van der Waals surface area contributed by atoms with E-state index in [0.717, 1.165) is 12.8 Å². The van der Waals surface area contributed by atoms with Crippen LogP contribution < -0.4 is 11.4 Å². The molecule has 0 aliphatic rings. The van der Waals surface area contributed by atoms with Gasteiger partial charge in [0, 0.05) is 0 Å². The van der Waals surface area contributed by atoms with Crippen LogP contribution in [0.1, 0.15) is 19.8 Å². The van der Waals surface area contributed by atoms with E-state index in [0.29, 0.717) is 0 Å². The maximum absolute atomic E-state index is 10.6. The van der Waals surface area contributed by atoms with Gasteiger partial charge in [-0.3, -0.25) is 0 Å².